The smallest absolute Gasteiger partial charge is 0.254 e. The second-order valence-electron chi connectivity index (χ2n) is 7.24. The molecule has 8 nitrogen and oxygen atoms in total. The molecule has 1 heterocycles. The molecule has 174 valence electrons. The number of nitrogens with zero attached hydrogens (tertiary/aromatic N) is 3. The zero-order chi connectivity index (χ0) is 22.8. The van der Waals surface area contributed by atoms with Gasteiger partial charge in [0.25, 0.3) is 5.91 Å². The molecule has 2 amide bonds. The van der Waals surface area contributed by atoms with E-state index in [0.717, 1.165) is 13.1 Å². The lowest BCUT2D eigenvalue weighted by Crippen LogP contribution is -2.51. The molecule has 1 fully saturated rings. The van der Waals surface area contributed by atoms with E-state index in [-0.39, 0.29) is 11.8 Å². The van der Waals surface area contributed by atoms with Crippen molar-refractivity contribution in [3.8, 4) is 17.2 Å². The Morgan fingerprint density at radius 2 is 1.35 bits per heavy atom. The number of ether oxygens (including phenoxy) is 3. The number of hydrogen-bond acceptors (Lipinski definition) is 6. The van der Waals surface area contributed by atoms with Crippen molar-refractivity contribution < 1.29 is 23.8 Å². The van der Waals surface area contributed by atoms with Crippen LogP contribution in [0.25, 0.3) is 0 Å². The molecule has 8 heteroatoms. The van der Waals surface area contributed by atoms with E-state index < -0.39 is 0 Å². The fourth-order valence-corrected chi connectivity index (χ4v) is 3.67. The summed E-state index contributed by atoms with van der Waals surface area (Å²) in [6.45, 7) is 15.4. The molecule has 0 aromatic heterocycles. The van der Waals surface area contributed by atoms with E-state index in [1.807, 2.05) is 44.4 Å². The van der Waals surface area contributed by atoms with Gasteiger partial charge in [-0.2, -0.15) is 0 Å². The Bertz CT molecular complexity index is 701. The summed E-state index contributed by atoms with van der Waals surface area (Å²) in [5, 5.41) is 0. The predicted octanol–water partition coefficient (Wildman–Crippen LogP) is 2.51. The quantitative estimate of drug-likeness (QED) is 0.532. The van der Waals surface area contributed by atoms with Crippen LogP contribution in [-0.2, 0) is 4.79 Å². The zero-order valence-corrected chi connectivity index (χ0v) is 19.6. The lowest BCUT2D eigenvalue weighted by Gasteiger charge is -2.35. The van der Waals surface area contributed by atoms with Gasteiger partial charge in [-0.1, -0.05) is 0 Å². The monoisotopic (exact) mass is 435 g/mol. The average molecular weight is 436 g/mol. The molecule has 0 aliphatic carbocycles. The van der Waals surface area contributed by atoms with Gasteiger partial charge in [0, 0.05) is 44.8 Å². The van der Waals surface area contributed by atoms with E-state index in [1.165, 1.54) is 0 Å². The SMILES string of the molecule is CCOc1cc(C(=O)N2CCN(CC(=O)N(CC)CC)CC2)cc(OCC)c1OCC. The van der Waals surface area contributed by atoms with E-state index >= 15 is 0 Å². The lowest BCUT2D eigenvalue weighted by molar-refractivity contribution is -0.132. The normalized spacial score (nSPS) is 14.3. The van der Waals surface area contributed by atoms with Crippen molar-refractivity contribution in [1.82, 2.24) is 14.7 Å². The van der Waals surface area contributed by atoms with E-state index in [9.17, 15) is 9.59 Å². The molecule has 1 aromatic carbocycles. The summed E-state index contributed by atoms with van der Waals surface area (Å²) in [5.41, 5.74) is 0.517. The van der Waals surface area contributed by atoms with Crippen LogP contribution in [0.1, 0.15) is 45.0 Å². The van der Waals surface area contributed by atoms with Gasteiger partial charge in [0.05, 0.1) is 26.4 Å². The Hall–Kier alpha value is -2.48. The second kappa shape index (κ2) is 12.4. The lowest BCUT2D eigenvalue weighted by atomic mass is 10.1. The van der Waals surface area contributed by atoms with Gasteiger partial charge in [0.15, 0.2) is 11.5 Å². The molecule has 1 aromatic rings. The van der Waals surface area contributed by atoms with Crippen molar-refractivity contribution in [3.63, 3.8) is 0 Å². The Morgan fingerprint density at radius 1 is 0.839 bits per heavy atom. The first-order chi connectivity index (χ1) is 15.0. The number of carbonyl (C=O) groups excluding carboxylic acids is 2. The van der Waals surface area contributed by atoms with Crippen LogP contribution in [0.2, 0.25) is 0 Å². The maximum absolute atomic E-state index is 13.2. The number of hydrogen-bond donors (Lipinski definition) is 0. The molecular weight excluding hydrogens is 398 g/mol. The number of likely N-dealkylation sites (N-methyl/N-ethyl adjacent to an activating group) is 1. The van der Waals surface area contributed by atoms with Gasteiger partial charge < -0.3 is 24.0 Å². The third kappa shape index (κ3) is 6.50. The summed E-state index contributed by atoms with van der Waals surface area (Å²) in [7, 11) is 0. The number of amides is 2. The van der Waals surface area contributed by atoms with Gasteiger partial charge in [-0.15, -0.1) is 0 Å². The standard InChI is InChI=1S/C23H37N3O5/c1-6-25(7-2)21(27)17-24-11-13-26(14-12-24)23(28)18-15-19(29-8-3)22(31-10-5)20(16-18)30-9-4/h15-16H,6-14,17H2,1-5H3. The van der Waals surface area contributed by atoms with Crippen molar-refractivity contribution in [3.05, 3.63) is 17.7 Å². The van der Waals surface area contributed by atoms with Crippen molar-refractivity contribution in [2.75, 3.05) is 65.6 Å². The highest BCUT2D eigenvalue weighted by Gasteiger charge is 2.26. The van der Waals surface area contributed by atoms with Crippen molar-refractivity contribution in [2.24, 2.45) is 0 Å². The highest BCUT2D eigenvalue weighted by molar-refractivity contribution is 5.95. The largest absolute Gasteiger partial charge is 0.490 e. The number of rotatable bonds is 11. The average Bonchev–Trinajstić information content (AvgIpc) is 2.77. The molecule has 0 unspecified atom stereocenters. The Balaban J connectivity index is 2.10. The van der Waals surface area contributed by atoms with Crippen LogP contribution in [-0.4, -0.2) is 92.1 Å². The minimum absolute atomic E-state index is 0.0697. The van der Waals surface area contributed by atoms with E-state index in [4.69, 9.17) is 14.2 Å². The number of piperazine rings is 1. The van der Waals surface area contributed by atoms with Gasteiger partial charge in [-0.05, 0) is 46.8 Å². The van der Waals surface area contributed by atoms with Gasteiger partial charge in [-0.3, -0.25) is 14.5 Å². The maximum Gasteiger partial charge on any atom is 0.254 e. The molecule has 0 radical (unpaired) electrons. The van der Waals surface area contributed by atoms with Crippen molar-refractivity contribution >= 4 is 11.8 Å². The number of carbonyl (C=O) groups is 2. The minimum atomic E-state index is -0.0697. The molecule has 0 saturated carbocycles. The summed E-state index contributed by atoms with van der Waals surface area (Å²) in [5.74, 6) is 1.63. The van der Waals surface area contributed by atoms with Crippen LogP contribution in [0, 0.1) is 0 Å². The third-order valence-corrected chi connectivity index (χ3v) is 5.29. The number of benzene rings is 1. The van der Waals surface area contributed by atoms with E-state index in [2.05, 4.69) is 4.90 Å². The van der Waals surface area contributed by atoms with Gasteiger partial charge in [-0.25, -0.2) is 0 Å². The van der Waals surface area contributed by atoms with Crippen LogP contribution in [0.5, 0.6) is 17.2 Å². The van der Waals surface area contributed by atoms with Crippen molar-refractivity contribution in [2.45, 2.75) is 34.6 Å². The van der Waals surface area contributed by atoms with Crippen LogP contribution in [0.3, 0.4) is 0 Å². The minimum Gasteiger partial charge on any atom is -0.490 e. The molecule has 31 heavy (non-hydrogen) atoms. The predicted molar refractivity (Wildman–Crippen MR) is 120 cm³/mol. The summed E-state index contributed by atoms with van der Waals surface area (Å²) < 4.78 is 17.2. The van der Waals surface area contributed by atoms with Crippen LogP contribution < -0.4 is 14.2 Å². The van der Waals surface area contributed by atoms with Gasteiger partial charge in [0.2, 0.25) is 11.7 Å². The molecule has 0 atom stereocenters. The molecule has 0 spiro atoms. The Morgan fingerprint density at radius 3 is 1.81 bits per heavy atom. The van der Waals surface area contributed by atoms with Gasteiger partial charge >= 0.3 is 0 Å². The van der Waals surface area contributed by atoms with Crippen molar-refractivity contribution in [1.29, 1.82) is 0 Å². The molecule has 0 N–H and O–H groups in total. The summed E-state index contributed by atoms with van der Waals surface area (Å²) in [6, 6.07) is 3.46. The van der Waals surface area contributed by atoms with Crippen LogP contribution >= 0.6 is 0 Å². The first-order valence-corrected chi connectivity index (χ1v) is 11.3. The third-order valence-electron chi connectivity index (χ3n) is 5.29. The zero-order valence-electron chi connectivity index (χ0n) is 19.6. The highest BCUT2D eigenvalue weighted by Crippen LogP contribution is 2.39. The molecule has 0 bridgehead atoms. The molecule has 1 aliphatic rings. The van der Waals surface area contributed by atoms with Crippen LogP contribution in [0.4, 0.5) is 0 Å². The Labute approximate surface area is 186 Å². The second-order valence-corrected chi connectivity index (χ2v) is 7.24. The molecule has 2 rings (SSSR count). The molecule has 1 aliphatic heterocycles. The topological polar surface area (TPSA) is 71.6 Å². The van der Waals surface area contributed by atoms with E-state index in [1.54, 1.807) is 12.1 Å². The summed E-state index contributed by atoms with van der Waals surface area (Å²) in [6.07, 6.45) is 0. The first-order valence-electron chi connectivity index (χ1n) is 11.3. The fraction of sp³-hybridized carbons (Fsp3) is 0.652. The molecule has 1 saturated heterocycles. The summed E-state index contributed by atoms with van der Waals surface area (Å²) in [4.78, 5) is 31.3. The van der Waals surface area contributed by atoms with E-state index in [0.29, 0.717) is 75.4 Å². The summed E-state index contributed by atoms with van der Waals surface area (Å²) >= 11 is 0. The molecular formula is C23H37N3O5. The van der Waals surface area contributed by atoms with Gasteiger partial charge in [0.1, 0.15) is 0 Å². The highest BCUT2D eigenvalue weighted by atomic mass is 16.5. The first kappa shape index (κ1) is 24.8. The van der Waals surface area contributed by atoms with Crippen LogP contribution in [0.15, 0.2) is 12.1 Å². The Kier molecular flexibility index (Phi) is 9.91. The fourth-order valence-electron chi connectivity index (χ4n) is 3.67. The maximum atomic E-state index is 13.2.